The average Bonchev–Trinajstić information content (AvgIpc) is 2.51. The van der Waals surface area contributed by atoms with Crippen LogP contribution in [-0.2, 0) is 0 Å². The number of hydrogen-bond donors (Lipinski definition) is 0. The number of benzene rings is 2. The van der Waals surface area contributed by atoms with E-state index in [1.807, 2.05) is 31.2 Å². The van der Waals surface area contributed by atoms with Crippen LogP contribution in [0.1, 0.15) is 5.56 Å². The first-order chi connectivity index (χ1) is 10.1. The van der Waals surface area contributed by atoms with Crippen molar-refractivity contribution in [3.8, 4) is 17.0 Å². The molecule has 2 aromatic carbocycles. The zero-order chi connectivity index (χ0) is 15.0. The van der Waals surface area contributed by atoms with Gasteiger partial charge in [-0.1, -0.05) is 18.2 Å². The summed E-state index contributed by atoms with van der Waals surface area (Å²) in [6, 6.07) is 12.3. The van der Waals surface area contributed by atoms with E-state index in [4.69, 9.17) is 4.74 Å². The Morgan fingerprint density at radius 3 is 2.67 bits per heavy atom. The van der Waals surface area contributed by atoms with Crippen molar-refractivity contribution in [3.05, 3.63) is 58.3 Å². The van der Waals surface area contributed by atoms with E-state index < -0.39 is 0 Å². The van der Waals surface area contributed by atoms with E-state index in [0.29, 0.717) is 17.0 Å². The van der Waals surface area contributed by atoms with Gasteiger partial charge < -0.3 is 4.74 Å². The van der Waals surface area contributed by atoms with Gasteiger partial charge in [-0.15, -0.1) is 0 Å². The van der Waals surface area contributed by atoms with E-state index in [9.17, 15) is 4.39 Å². The Morgan fingerprint density at radius 2 is 1.90 bits per heavy atom. The van der Waals surface area contributed by atoms with Gasteiger partial charge in [0.05, 0.1) is 18.3 Å². The van der Waals surface area contributed by atoms with Crippen LogP contribution >= 0.6 is 15.9 Å². The molecule has 0 atom stereocenters. The van der Waals surface area contributed by atoms with Crippen LogP contribution < -0.4 is 4.74 Å². The molecule has 1 aromatic heterocycles. The highest BCUT2D eigenvalue weighted by molar-refractivity contribution is 9.10. The maximum Gasteiger partial charge on any atom is 0.128 e. The molecule has 1 heterocycles. The topological polar surface area (TPSA) is 22.1 Å². The van der Waals surface area contributed by atoms with Gasteiger partial charge in [0, 0.05) is 15.4 Å². The van der Waals surface area contributed by atoms with Crippen LogP contribution in [0.15, 0.2) is 46.9 Å². The Hall–Kier alpha value is -1.94. The zero-order valence-electron chi connectivity index (χ0n) is 11.7. The van der Waals surface area contributed by atoms with Gasteiger partial charge in [0.25, 0.3) is 0 Å². The number of aryl methyl sites for hydroxylation is 1. The Morgan fingerprint density at radius 1 is 1.14 bits per heavy atom. The number of halogens is 2. The summed E-state index contributed by atoms with van der Waals surface area (Å²) in [5.74, 6) is 0.282. The van der Waals surface area contributed by atoms with E-state index in [0.717, 1.165) is 20.9 Å². The molecule has 0 saturated heterocycles. The molecule has 0 radical (unpaired) electrons. The molecule has 3 rings (SSSR count). The summed E-state index contributed by atoms with van der Waals surface area (Å²) in [5, 5.41) is 1.07. The molecule has 0 fully saturated rings. The van der Waals surface area contributed by atoms with Crippen molar-refractivity contribution in [3.63, 3.8) is 0 Å². The summed E-state index contributed by atoms with van der Waals surface area (Å²) >= 11 is 3.59. The third-order valence-electron chi connectivity index (χ3n) is 3.49. The maximum absolute atomic E-state index is 13.6. The molecule has 0 N–H and O–H groups in total. The largest absolute Gasteiger partial charge is 0.496 e. The molecule has 4 heteroatoms. The predicted octanol–water partition coefficient (Wildman–Crippen LogP) is 5.12. The van der Waals surface area contributed by atoms with E-state index in [1.54, 1.807) is 13.2 Å². The molecule has 0 aliphatic carbocycles. The standard InChI is InChI=1S/C17H13BrFNO/c1-10-12-5-3-4-6-14(12)20-17(16(10)18)13-9-11(19)7-8-15(13)21-2/h3-9H,1-2H3. The Labute approximate surface area is 130 Å². The number of aromatic nitrogens is 1. The number of nitrogens with zero attached hydrogens (tertiary/aromatic N) is 1. The van der Waals surface area contributed by atoms with Gasteiger partial charge in [0.15, 0.2) is 0 Å². The van der Waals surface area contributed by atoms with Gasteiger partial charge in [0.1, 0.15) is 11.6 Å². The first-order valence-electron chi connectivity index (χ1n) is 6.50. The van der Waals surface area contributed by atoms with Crippen LogP contribution in [0.4, 0.5) is 4.39 Å². The second kappa shape index (κ2) is 5.45. The lowest BCUT2D eigenvalue weighted by Crippen LogP contribution is -1.95. The van der Waals surface area contributed by atoms with E-state index in [1.165, 1.54) is 12.1 Å². The molecule has 21 heavy (non-hydrogen) atoms. The first kappa shape index (κ1) is 14.0. The summed E-state index contributed by atoms with van der Waals surface area (Å²) < 4.78 is 19.8. The van der Waals surface area contributed by atoms with Gasteiger partial charge in [-0.3, -0.25) is 0 Å². The highest BCUT2D eigenvalue weighted by Crippen LogP contribution is 2.38. The number of pyridine rings is 1. The average molecular weight is 346 g/mol. The SMILES string of the molecule is COc1ccc(F)cc1-c1nc2ccccc2c(C)c1Br. The van der Waals surface area contributed by atoms with Crippen LogP contribution in [0.25, 0.3) is 22.2 Å². The van der Waals surface area contributed by atoms with Gasteiger partial charge >= 0.3 is 0 Å². The molecule has 0 aliphatic rings. The molecule has 0 bridgehead atoms. The van der Waals surface area contributed by atoms with Crippen molar-refractivity contribution in [1.82, 2.24) is 4.98 Å². The lowest BCUT2D eigenvalue weighted by molar-refractivity contribution is 0.415. The maximum atomic E-state index is 13.6. The number of methoxy groups -OCH3 is 1. The van der Waals surface area contributed by atoms with Crippen LogP contribution in [0, 0.1) is 12.7 Å². The number of para-hydroxylation sites is 1. The summed E-state index contributed by atoms with van der Waals surface area (Å²) in [5.41, 5.74) is 3.27. The quantitative estimate of drug-likeness (QED) is 0.643. The smallest absolute Gasteiger partial charge is 0.128 e. The van der Waals surface area contributed by atoms with Crippen LogP contribution in [0.3, 0.4) is 0 Å². The lowest BCUT2D eigenvalue weighted by Gasteiger charge is -2.13. The summed E-state index contributed by atoms with van der Waals surface area (Å²) in [7, 11) is 1.57. The molecular formula is C17H13BrFNO. The summed E-state index contributed by atoms with van der Waals surface area (Å²) in [4.78, 5) is 4.66. The molecule has 3 aromatic rings. The highest BCUT2D eigenvalue weighted by Gasteiger charge is 2.15. The Balaban J connectivity index is 2.35. The summed E-state index contributed by atoms with van der Waals surface area (Å²) in [6.07, 6.45) is 0. The van der Waals surface area contributed by atoms with E-state index >= 15 is 0 Å². The number of ether oxygens (including phenoxy) is 1. The van der Waals surface area contributed by atoms with Gasteiger partial charge in [0.2, 0.25) is 0 Å². The van der Waals surface area contributed by atoms with Crippen molar-refractivity contribution in [2.75, 3.05) is 7.11 Å². The van der Waals surface area contributed by atoms with Crippen LogP contribution in [0.5, 0.6) is 5.75 Å². The number of fused-ring (bicyclic) bond motifs is 1. The van der Waals surface area contributed by atoms with Gasteiger partial charge in [-0.25, -0.2) is 9.37 Å². The van der Waals surface area contributed by atoms with Crippen molar-refractivity contribution < 1.29 is 9.13 Å². The number of rotatable bonds is 2. The fraction of sp³-hybridized carbons (Fsp3) is 0.118. The van der Waals surface area contributed by atoms with E-state index in [2.05, 4.69) is 20.9 Å². The van der Waals surface area contributed by atoms with Crippen molar-refractivity contribution in [2.45, 2.75) is 6.92 Å². The minimum Gasteiger partial charge on any atom is -0.496 e. The van der Waals surface area contributed by atoms with Gasteiger partial charge in [-0.2, -0.15) is 0 Å². The minimum absolute atomic E-state index is 0.315. The lowest BCUT2D eigenvalue weighted by atomic mass is 10.0. The fourth-order valence-corrected chi connectivity index (χ4v) is 2.91. The molecule has 0 aliphatic heterocycles. The van der Waals surface area contributed by atoms with E-state index in [-0.39, 0.29) is 5.82 Å². The minimum atomic E-state index is -0.315. The van der Waals surface area contributed by atoms with Crippen LogP contribution in [0.2, 0.25) is 0 Å². The first-order valence-corrected chi connectivity index (χ1v) is 7.30. The molecule has 0 amide bonds. The predicted molar refractivity (Wildman–Crippen MR) is 86.1 cm³/mol. The second-order valence-corrected chi connectivity index (χ2v) is 5.55. The van der Waals surface area contributed by atoms with Gasteiger partial charge in [-0.05, 0) is 52.7 Å². The summed E-state index contributed by atoms with van der Waals surface area (Å²) in [6.45, 7) is 2.02. The van der Waals surface area contributed by atoms with Crippen LogP contribution in [-0.4, -0.2) is 12.1 Å². The Bertz CT molecular complexity index is 832. The highest BCUT2D eigenvalue weighted by atomic mass is 79.9. The monoisotopic (exact) mass is 345 g/mol. The third-order valence-corrected chi connectivity index (χ3v) is 4.46. The number of hydrogen-bond acceptors (Lipinski definition) is 2. The van der Waals surface area contributed by atoms with Crippen molar-refractivity contribution in [1.29, 1.82) is 0 Å². The molecule has 0 unspecified atom stereocenters. The molecule has 2 nitrogen and oxygen atoms in total. The molecule has 0 saturated carbocycles. The molecule has 106 valence electrons. The third kappa shape index (κ3) is 2.40. The molecular weight excluding hydrogens is 333 g/mol. The second-order valence-electron chi connectivity index (χ2n) is 4.76. The zero-order valence-corrected chi connectivity index (χ0v) is 13.2. The Kier molecular flexibility index (Phi) is 3.64. The fourth-order valence-electron chi connectivity index (χ4n) is 2.40. The normalized spacial score (nSPS) is 10.9. The van der Waals surface area contributed by atoms with Crippen molar-refractivity contribution >= 4 is 26.8 Å². The molecule has 0 spiro atoms. The van der Waals surface area contributed by atoms with Crippen molar-refractivity contribution in [2.24, 2.45) is 0 Å².